The Morgan fingerprint density at radius 3 is 2.56 bits per heavy atom. The fourth-order valence-corrected chi connectivity index (χ4v) is 2.85. The number of hydrogen-bond donors (Lipinski definition) is 3. The summed E-state index contributed by atoms with van der Waals surface area (Å²) in [5.74, 6) is 0.635. The van der Waals surface area contributed by atoms with Gasteiger partial charge >= 0.3 is 6.61 Å². The molecule has 1 aromatic heterocycles. The number of guanidine groups is 1. The van der Waals surface area contributed by atoms with E-state index < -0.39 is 12.7 Å². The standard InChI is InChI=1S/C17H22F2N4O2S.HI/c1-3-20-17(22-9-15-11(2)23-10-26-15)21-8-14(24)12-4-6-13(7-5-12)25-16(18)19;/h4-7,10,14,16,24H,3,8-9H2,1-2H3,(H2,20,21,22);1H. The van der Waals surface area contributed by atoms with Crippen LogP contribution in [-0.4, -0.2) is 35.8 Å². The summed E-state index contributed by atoms with van der Waals surface area (Å²) in [4.78, 5) is 9.75. The summed E-state index contributed by atoms with van der Waals surface area (Å²) in [6, 6.07) is 5.90. The molecule has 1 aromatic carbocycles. The van der Waals surface area contributed by atoms with Crippen LogP contribution in [-0.2, 0) is 6.54 Å². The highest BCUT2D eigenvalue weighted by molar-refractivity contribution is 14.0. The molecule has 0 spiro atoms. The fourth-order valence-electron chi connectivity index (χ4n) is 2.15. The van der Waals surface area contributed by atoms with Gasteiger partial charge < -0.3 is 20.5 Å². The van der Waals surface area contributed by atoms with E-state index in [1.165, 1.54) is 12.1 Å². The molecule has 1 atom stereocenters. The van der Waals surface area contributed by atoms with Gasteiger partial charge in [0.05, 0.1) is 23.9 Å². The van der Waals surface area contributed by atoms with Crippen molar-refractivity contribution in [3.8, 4) is 5.75 Å². The van der Waals surface area contributed by atoms with E-state index in [0.29, 0.717) is 24.6 Å². The highest BCUT2D eigenvalue weighted by Crippen LogP contribution is 2.19. The van der Waals surface area contributed by atoms with Crippen LogP contribution in [0.3, 0.4) is 0 Å². The zero-order valence-electron chi connectivity index (χ0n) is 15.0. The summed E-state index contributed by atoms with van der Waals surface area (Å²) in [6.45, 7) is 2.43. The number of aromatic nitrogens is 1. The molecule has 0 aliphatic rings. The summed E-state index contributed by atoms with van der Waals surface area (Å²) in [6.07, 6.45) is -0.815. The zero-order chi connectivity index (χ0) is 18.9. The second-order valence-electron chi connectivity index (χ2n) is 5.40. The highest BCUT2D eigenvalue weighted by atomic mass is 127. The van der Waals surface area contributed by atoms with Gasteiger partial charge in [0.2, 0.25) is 0 Å². The van der Waals surface area contributed by atoms with Gasteiger partial charge in [-0.3, -0.25) is 0 Å². The number of halogens is 3. The van der Waals surface area contributed by atoms with Gasteiger partial charge in [-0.2, -0.15) is 8.78 Å². The smallest absolute Gasteiger partial charge is 0.387 e. The lowest BCUT2D eigenvalue weighted by Gasteiger charge is -2.16. The number of nitrogens with zero attached hydrogens (tertiary/aromatic N) is 2. The minimum absolute atomic E-state index is 0. The molecule has 2 rings (SSSR count). The van der Waals surface area contributed by atoms with E-state index >= 15 is 0 Å². The molecule has 3 N–H and O–H groups in total. The minimum Gasteiger partial charge on any atom is -0.435 e. The summed E-state index contributed by atoms with van der Waals surface area (Å²) in [5.41, 5.74) is 3.33. The quantitative estimate of drug-likeness (QED) is 0.287. The van der Waals surface area contributed by atoms with Crippen LogP contribution in [0.1, 0.15) is 29.2 Å². The summed E-state index contributed by atoms with van der Waals surface area (Å²) < 4.78 is 28.6. The number of aliphatic imine (C=N–C) groups is 1. The predicted molar refractivity (Wildman–Crippen MR) is 113 cm³/mol. The summed E-state index contributed by atoms with van der Waals surface area (Å²) in [7, 11) is 0. The number of rotatable bonds is 8. The molecule has 10 heteroatoms. The Morgan fingerprint density at radius 2 is 2.00 bits per heavy atom. The Kier molecular flexibility index (Phi) is 10.5. The van der Waals surface area contributed by atoms with Crippen LogP contribution in [0.4, 0.5) is 8.78 Å². The predicted octanol–water partition coefficient (Wildman–Crippen LogP) is 3.46. The van der Waals surface area contributed by atoms with Crippen LogP contribution < -0.4 is 15.4 Å². The summed E-state index contributed by atoms with van der Waals surface area (Å²) in [5, 5.41) is 16.4. The molecule has 27 heavy (non-hydrogen) atoms. The fraction of sp³-hybridized carbons (Fsp3) is 0.412. The van der Waals surface area contributed by atoms with E-state index in [1.54, 1.807) is 29.0 Å². The molecule has 0 bridgehead atoms. The van der Waals surface area contributed by atoms with E-state index in [1.807, 2.05) is 13.8 Å². The van der Waals surface area contributed by atoms with Gasteiger partial charge in [-0.1, -0.05) is 12.1 Å². The lowest BCUT2D eigenvalue weighted by Crippen LogP contribution is -2.39. The van der Waals surface area contributed by atoms with Crippen LogP contribution in [0.25, 0.3) is 0 Å². The van der Waals surface area contributed by atoms with Crippen LogP contribution in [0, 0.1) is 6.92 Å². The van der Waals surface area contributed by atoms with E-state index in [0.717, 1.165) is 10.6 Å². The molecule has 0 amide bonds. The maximum Gasteiger partial charge on any atom is 0.387 e. The van der Waals surface area contributed by atoms with Crippen molar-refractivity contribution in [3.05, 3.63) is 45.9 Å². The van der Waals surface area contributed by atoms with Gasteiger partial charge in [-0.25, -0.2) is 9.98 Å². The molecular formula is C17H23F2IN4O2S. The van der Waals surface area contributed by atoms with Gasteiger partial charge in [0.15, 0.2) is 5.96 Å². The van der Waals surface area contributed by atoms with E-state index in [9.17, 15) is 13.9 Å². The van der Waals surface area contributed by atoms with E-state index in [4.69, 9.17) is 0 Å². The van der Waals surface area contributed by atoms with Gasteiger partial charge in [0, 0.05) is 18.0 Å². The van der Waals surface area contributed by atoms with Crippen molar-refractivity contribution in [2.24, 2.45) is 4.99 Å². The number of nitrogens with one attached hydrogen (secondary N) is 2. The molecule has 0 fully saturated rings. The van der Waals surface area contributed by atoms with Crippen molar-refractivity contribution >= 4 is 41.3 Å². The second-order valence-corrected chi connectivity index (χ2v) is 6.34. The normalized spacial score (nSPS) is 12.4. The van der Waals surface area contributed by atoms with E-state index in [-0.39, 0.29) is 36.3 Å². The van der Waals surface area contributed by atoms with Crippen molar-refractivity contribution in [2.45, 2.75) is 33.1 Å². The average molecular weight is 512 g/mol. The third-order valence-electron chi connectivity index (χ3n) is 3.52. The van der Waals surface area contributed by atoms with E-state index in [2.05, 4.69) is 25.3 Å². The van der Waals surface area contributed by atoms with Gasteiger partial charge in [0.25, 0.3) is 0 Å². The number of thiazole rings is 1. The maximum absolute atomic E-state index is 12.2. The van der Waals surface area contributed by atoms with Crippen LogP contribution >= 0.6 is 35.3 Å². The van der Waals surface area contributed by atoms with Crippen molar-refractivity contribution in [2.75, 3.05) is 13.1 Å². The Bertz CT molecular complexity index is 713. The summed E-state index contributed by atoms with van der Waals surface area (Å²) >= 11 is 1.55. The third kappa shape index (κ3) is 7.93. The number of benzene rings is 1. The molecular weight excluding hydrogens is 489 g/mol. The highest BCUT2D eigenvalue weighted by Gasteiger charge is 2.10. The molecule has 0 aliphatic heterocycles. The number of hydrogen-bond acceptors (Lipinski definition) is 5. The van der Waals surface area contributed by atoms with Crippen LogP contribution in [0.15, 0.2) is 34.8 Å². The number of aryl methyl sites for hydroxylation is 1. The molecule has 0 saturated heterocycles. The van der Waals surface area contributed by atoms with Gasteiger partial charge in [0.1, 0.15) is 5.75 Å². The molecule has 1 unspecified atom stereocenters. The first-order valence-corrected chi connectivity index (χ1v) is 9.01. The second kappa shape index (κ2) is 12.0. The molecule has 1 heterocycles. The lowest BCUT2D eigenvalue weighted by atomic mass is 10.1. The molecule has 0 aliphatic carbocycles. The lowest BCUT2D eigenvalue weighted by molar-refractivity contribution is -0.0498. The van der Waals surface area contributed by atoms with Crippen LogP contribution in [0.2, 0.25) is 0 Å². The average Bonchev–Trinajstić information content (AvgIpc) is 3.02. The number of aliphatic hydroxyl groups is 1. The Hall–Kier alpha value is -1.53. The minimum atomic E-state index is -2.87. The van der Waals surface area contributed by atoms with Crippen molar-refractivity contribution in [1.82, 2.24) is 15.6 Å². The molecule has 2 aromatic rings. The first-order chi connectivity index (χ1) is 12.5. The zero-order valence-corrected chi connectivity index (χ0v) is 18.1. The first-order valence-electron chi connectivity index (χ1n) is 8.13. The Labute approximate surface area is 178 Å². The van der Waals surface area contributed by atoms with Crippen LogP contribution in [0.5, 0.6) is 5.75 Å². The monoisotopic (exact) mass is 512 g/mol. The molecule has 0 radical (unpaired) electrons. The third-order valence-corrected chi connectivity index (χ3v) is 4.44. The van der Waals surface area contributed by atoms with Crippen molar-refractivity contribution < 1.29 is 18.6 Å². The van der Waals surface area contributed by atoms with Crippen molar-refractivity contribution in [3.63, 3.8) is 0 Å². The number of aliphatic hydroxyl groups excluding tert-OH is 1. The SMILES string of the molecule is CCNC(=NCc1scnc1C)NCC(O)c1ccc(OC(F)F)cc1.I. The Balaban J connectivity index is 0.00000364. The van der Waals surface area contributed by atoms with Crippen molar-refractivity contribution in [1.29, 1.82) is 0 Å². The molecule has 150 valence electrons. The number of ether oxygens (including phenoxy) is 1. The Morgan fingerprint density at radius 1 is 1.30 bits per heavy atom. The molecule has 0 saturated carbocycles. The largest absolute Gasteiger partial charge is 0.435 e. The number of alkyl halides is 2. The first kappa shape index (κ1) is 23.5. The molecule has 6 nitrogen and oxygen atoms in total. The van der Waals surface area contributed by atoms with Gasteiger partial charge in [-0.05, 0) is 31.5 Å². The topological polar surface area (TPSA) is 78.8 Å². The van der Waals surface area contributed by atoms with Gasteiger partial charge in [-0.15, -0.1) is 35.3 Å². The maximum atomic E-state index is 12.2.